The molecule has 4 aliphatic rings. The van der Waals surface area contributed by atoms with Crippen LogP contribution in [0.2, 0.25) is 0 Å². The van der Waals surface area contributed by atoms with Crippen molar-refractivity contribution in [1.29, 1.82) is 0 Å². The van der Waals surface area contributed by atoms with Gasteiger partial charge in [-0.1, -0.05) is 0 Å². The Morgan fingerprint density at radius 3 is 1.09 bits per heavy atom. The van der Waals surface area contributed by atoms with Crippen LogP contribution in [0.15, 0.2) is 146 Å². The molecule has 6 aromatic heterocycles. The smallest absolute Gasteiger partial charge is 0.254 e. The van der Waals surface area contributed by atoms with Crippen LogP contribution in [-0.2, 0) is 0 Å². The van der Waals surface area contributed by atoms with Gasteiger partial charge in [-0.25, -0.2) is 28.1 Å². The van der Waals surface area contributed by atoms with E-state index >= 15 is 0 Å². The molecule has 4 N–H and O–H groups in total. The third kappa shape index (κ3) is 13.5. The van der Waals surface area contributed by atoms with E-state index in [1.165, 1.54) is 18.2 Å². The van der Waals surface area contributed by atoms with Gasteiger partial charge in [-0.2, -0.15) is 0 Å². The molecule has 0 aliphatic carbocycles. The second-order valence-electron chi connectivity index (χ2n) is 25.7. The maximum absolute atomic E-state index is 13.9. The van der Waals surface area contributed by atoms with E-state index in [-0.39, 0.29) is 53.3 Å². The van der Waals surface area contributed by atoms with Crippen LogP contribution < -0.4 is 20.0 Å². The summed E-state index contributed by atoms with van der Waals surface area (Å²) in [5, 5.41) is 5.19. The van der Waals surface area contributed by atoms with E-state index in [0.29, 0.717) is 16.7 Å². The molecule has 0 saturated carbocycles. The number of carbonyl (C=O) groups is 3. The van der Waals surface area contributed by atoms with Gasteiger partial charge in [0.15, 0.2) is 0 Å². The van der Waals surface area contributed by atoms with Gasteiger partial charge in [-0.3, -0.25) is 44.0 Å². The second kappa shape index (κ2) is 27.5. The molecule has 4 saturated heterocycles. The average Bonchev–Trinajstić information content (AvgIpc) is 1.57. The molecule has 0 spiro atoms. The van der Waals surface area contributed by atoms with Crippen molar-refractivity contribution in [1.82, 2.24) is 74.7 Å². The summed E-state index contributed by atoms with van der Waals surface area (Å²) >= 11 is 0. The highest BCUT2D eigenvalue weighted by molar-refractivity contribution is 6.00. The molecule has 3 amide bonds. The first-order valence-corrected chi connectivity index (χ1v) is 33.3. The van der Waals surface area contributed by atoms with Crippen molar-refractivity contribution in [2.24, 2.45) is 0 Å². The predicted octanol–water partition coefficient (Wildman–Crippen LogP) is 10.9. The highest BCUT2D eigenvalue weighted by Gasteiger charge is 2.30. The Hall–Kier alpha value is -10.6. The number of nitrogens with one attached hydrogen (secondary N) is 4. The Morgan fingerprint density at radius 2 is 0.745 bits per heavy atom. The van der Waals surface area contributed by atoms with Gasteiger partial charge in [0.1, 0.15) is 34.9 Å². The predicted molar refractivity (Wildman–Crippen MR) is 377 cm³/mol. The summed E-state index contributed by atoms with van der Waals surface area (Å²) in [5.41, 5.74) is 12.7. The van der Waals surface area contributed by atoms with Crippen LogP contribution in [-0.4, -0.2) is 200 Å². The molecule has 24 heteroatoms. The molecular formula is C74H77F3N18O3. The van der Waals surface area contributed by atoms with E-state index in [0.717, 1.165) is 192 Å². The van der Waals surface area contributed by atoms with Crippen molar-refractivity contribution in [3.8, 4) is 0 Å². The van der Waals surface area contributed by atoms with Crippen molar-refractivity contribution in [3.05, 3.63) is 198 Å². The zero-order valence-corrected chi connectivity index (χ0v) is 55.6. The fourth-order valence-electron chi connectivity index (χ4n) is 13.6. The monoisotopic (exact) mass is 1320 g/mol. The largest absolute Gasteiger partial charge is 0.368 e. The van der Waals surface area contributed by atoms with Crippen LogP contribution in [0.3, 0.4) is 0 Å². The van der Waals surface area contributed by atoms with Crippen molar-refractivity contribution in [2.45, 2.75) is 38.9 Å². The topological polar surface area (TPSA) is 214 Å². The molecule has 6 aromatic carbocycles. The van der Waals surface area contributed by atoms with E-state index in [1.807, 2.05) is 71.6 Å². The molecule has 12 aromatic rings. The number of fused-ring (bicyclic) bond motifs is 6. The molecule has 502 valence electrons. The summed E-state index contributed by atoms with van der Waals surface area (Å²) in [6.45, 7) is 18.4. The van der Waals surface area contributed by atoms with Crippen LogP contribution >= 0.6 is 0 Å². The fourth-order valence-corrected chi connectivity index (χ4v) is 13.6. The highest BCUT2D eigenvalue weighted by atomic mass is 19.1. The van der Waals surface area contributed by atoms with Gasteiger partial charge in [0.2, 0.25) is 0 Å². The number of halogens is 3. The van der Waals surface area contributed by atoms with Gasteiger partial charge in [0.25, 0.3) is 17.7 Å². The fraction of sp³-hybridized carbons (Fsp3) is 0.311. The number of benzene rings is 6. The maximum atomic E-state index is 13.9. The number of nitrogens with zero attached hydrogens (tertiary/aromatic N) is 14. The maximum Gasteiger partial charge on any atom is 0.254 e. The third-order valence-electron chi connectivity index (χ3n) is 19.5. The number of hydrogen-bond donors (Lipinski definition) is 4. The van der Waals surface area contributed by atoms with Crippen LogP contribution in [0.25, 0.3) is 65.8 Å². The number of rotatable bonds is 12. The molecule has 4 fully saturated rings. The minimum Gasteiger partial charge on any atom is -0.368 e. The quantitative estimate of drug-likeness (QED) is 0.0838. The van der Waals surface area contributed by atoms with Crippen molar-refractivity contribution < 1.29 is 27.6 Å². The lowest BCUT2D eigenvalue weighted by Crippen LogP contribution is -2.47. The Labute approximate surface area is 564 Å². The molecule has 0 unspecified atom stereocenters. The van der Waals surface area contributed by atoms with Gasteiger partial charge in [-0.15, -0.1) is 0 Å². The van der Waals surface area contributed by atoms with Crippen molar-refractivity contribution in [2.75, 3.05) is 127 Å². The van der Waals surface area contributed by atoms with Crippen molar-refractivity contribution >= 4 is 101 Å². The number of imidazole rings is 3. The average molecular weight is 1320 g/mol. The number of piperazine rings is 3. The van der Waals surface area contributed by atoms with Gasteiger partial charge >= 0.3 is 0 Å². The first kappa shape index (κ1) is 64.8. The number of aromatic nitrogens is 9. The summed E-state index contributed by atoms with van der Waals surface area (Å²) in [7, 11) is 5.12. The van der Waals surface area contributed by atoms with Gasteiger partial charge in [0.05, 0.1) is 67.8 Å². The van der Waals surface area contributed by atoms with E-state index in [1.54, 1.807) is 87.1 Å². The molecule has 0 bridgehead atoms. The molecule has 0 radical (unpaired) electrons. The van der Waals surface area contributed by atoms with Gasteiger partial charge in [0, 0.05) is 181 Å². The lowest BCUT2D eigenvalue weighted by molar-refractivity contribution is 0.0826. The zero-order chi connectivity index (χ0) is 67.9. The van der Waals surface area contributed by atoms with Crippen LogP contribution in [0.4, 0.5) is 30.2 Å². The molecule has 98 heavy (non-hydrogen) atoms. The molecular weight excluding hydrogens is 1250 g/mol. The number of aromatic amines is 3. The summed E-state index contributed by atoms with van der Waals surface area (Å²) in [6.07, 6.45) is 5.36. The summed E-state index contributed by atoms with van der Waals surface area (Å²) in [6, 6.07) is 37.2. The standard InChI is InChI=1S/C25H25FN6O.C25H27FN6O.C24H25FN6O/c1-16(24-28-21-4-2-17(14-22(21)29-24)25(33)32-12-13-32)30-8-10-31(11-9-30)23-6-7-27-20-5-3-18(26)15-19(20)23;1-16(24-28-21-6-4-17(14-22(21)29-24)25(33)30(2)3)31-10-12-32(13-11-31)23-8-9-27-20-7-5-18(26)15-19(20)23;1-15(23-28-20-5-3-16(24(32)26-2)13-21(20)29-23)30-9-11-31(12-10-30)22-7-8-27-19-6-4-17(25)14-18(19)22/h2-7,14-16H,8-13H2,1H3,(H,28,29);4-9,14-16H,10-13H2,1-3H3,(H,28,29);3-8,13-15H,9-12H2,1-2H3,(H,26,32)(H,28,29)/t2*16-;15-/m111/s1. The normalized spacial score (nSPS) is 16.5. The Balaban J connectivity index is 0.000000126. The first-order chi connectivity index (χ1) is 47.5. The molecule has 4 aliphatic heterocycles. The molecule has 16 rings (SSSR count). The Bertz CT molecular complexity index is 4750. The molecule has 3 atom stereocenters. The first-order valence-electron chi connectivity index (χ1n) is 33.3. The Morgan fingerprint density at radius 1 is 0.418 bits per heavy atom. The SMILES string of the molecule is CNC(=O)c1ccc2nc([C@@H](C)N3CCN(c4ccnc5ccc(F)cc45)CC3)[nH]c2c1.C[C@H](c1nc2ccc(C(=O)N(C)C)cc2[nH]1)N1CCN(c2ccnc3ccc(F)cc23)CC1.C[C@H](c1nc2ccc(C(=O)N3CC3)cc2[nH]1)N1CCN(c2ccnc3ccc(F)cc23)CC1. The third-order valence-corrected chi connectivity index (χ3v) is 19.5. The zero-order valence-electron chi connectivity index (χ0n) is 55.6. The van der Waals surface area contributed by atoms with Crippen LogP contribution in [0.5, 0.6) is 0 Å². The lowest BCUT2D eigenvalue weighted by atomic mass is 10.1. The summed E-state index contributed by atoms with van der Waals surface area (Å²) in [4.78, 5) is 91.6. The second-order valence-corrected chi connectivity index (χ2v) is 25.7. The minimum absolute atomic E-state index is 0.0271. The number of carbonyl (C=O) groups excluding carboxylic acids is 3. The minimum atomic E-state index is -0.247. The number of H-pyrrole nitrogens is 3. The lowest BCUT2D eigenvalue weighted by Gasteiger charge is -2.38. The van der Waals surface area contributed by atoms with E-state index < -0.39 is 0 Å². The van der Waals surface area contributed by atoms with Gasteiger partial charge in [-0.05, 0) is 148 Å². The van der Waals surface area contributed by atoms with E-state index in [2.05, 4.69) is 85.4 Å². The van der Waals surface area contributed by atoms with E-state index in [9.17, 15) is 27.6 Å². The summed E-state index contributed by atoms with van der Waals surface area (Å²) in [5.74, 6) is 1.90. The summed E-state index contributed by atoms with van der Waals surface area (Å²) < 4.78 is 41.5. The molecule has 21 nitrogen and oxygen atoms in total. The number of hydrogen-bond acceptors (Lipinski definition) is 15. The van der Waals surface area contributed by atoms with Crippen LogP contribution in [0.1, 0.15) is 87.4 Å². The number of amides is 3. The molecule has 10 heterocycles. The van der Waals surface area contributed by atoms with E-state index in [4.69, 9.17) is 15.0 Å². The Kier molecular flexibility index (Phi) is 18.2. The highest BCUT2D eigenvalue weighted by Crippen LogP contribution is 2.34. The van der Waals surface area contributed by atoms with Crippen LogP contribution in [0, 0.1) is 17.5 Å². The number of pyridine rings is 3. The van der Waals surface area contributed by atoms with Crippen molar-refractivity contribution in [3.63, 3.8) is 0 Å². The number of anilines is 3. The van der Waals surface area contributed by atoms with Gasteiger partial charge < -0.3 is 44.8 Å².